The molecule has 0 saturated heterocycles. The van der Waals surface area contributed by atoms with Gasteiger partial charge in [0.25, 0.3) is 0 Å². The molecule has 0 heterocycles. The fourth-order valence-corrected chi connectivity index (χ4v) is 11.8. The molecule has 3 nitrogen and oxygen atoms in total. The van der Waals surface area contributed by atoms with Crippen molar-refractivity contribution in [3.63, 3.8) is 0 Å². The smallest absolute Gasteiger partial charge is 0.339 e. The number of carboxylic acids is 1. The number of fused-ring (bicyclic) bond motifs is 7. The molecule has 0 amide bonds. The number of benzene rings is 1. The second-order valence-corrected chi connectivity index (χ2v) is 15.2. The number of allylic oxidation sites excluding steroid dienone is 3. The second kappa shape index (κ2) is 9.25. The number of methoxy groups -OCH3 is 1. The van der Waals surface area contributed by atoms with E-state index in [-0.39, 0.29) is 11.0 Å². The molecule has 0 aliphatic heterocycles. The van der Waals surface area contributed by atoms with Gasteiger partial charge in [-0.1, -0.05) is 52.0 Å². The summed E-state index contributed by atoms with van der Waals surface area (Å²) in [6.07, 6.45) is 14.8. The van der Waals surface area contributed by atoms with Crippen LogP contribution in [0.3, 0.4) is 0 Å². The highest BCUT2D eigenvalue weighted by atomic mass is 16.5. The summed E-state index contributed by atoms with van der Waals surface area (Å²) in [7, 11) is 1.57. The Hall–Kier alpha value is -2.03. The Bertz CT molecular complexity index is 1210. The SMILES string of the molecule is C=C(C)[C@@H]1CCC2CC[C@@]3(C)C4CC[C@H]5C(C)(C)C(c6ccc(C(=O)O)c(OC)c6)=CC[C@]5(C)[C@H]4CC[C@@H]3[C@H]21. The quantitative estimate of drug-likeness (QED) is 0.395. The lowest BCUT2D eigenvalue weighted by atomic mass is 9.38. The fraction of sp³-hybridized carbons (Fsp3) is 0.694. The van der Waals surface area contributed by atoms with Crippen LogP contribution in [0.2, 0.25) is 0 Å². The van der Waals surface area contributed by atoms with E-state index in [0.29, 0.717) is 22.5 Å². The van der Waals surface area contributed by atoms with Crippen LogP contribution in [0.15, 0.2) is 36.4 Å². The van der Waals surface area contributed by atoms with Crippen molar-refractivity contribution in [3.05, 3.63) is 47.6 Å². The lowest BCUT2D eigenvalue weighted by Gasteiger charge is -2.67. The first-order valence-electron chi connectivity index (χ1n) is 15.7. The first-order chi connectivity index (χ1) is 18.4. The Morgan fingerprint density at radius 3 is 2.33 bits per heavy atom. The molecule has 6 rings (SSSR count). The first-order valence-corrected chi connectivity index (χ1v) is 15.7. The average Bonchev–Trinajstić information content (AvgIpc) is 3.32. The summed E-state index contributed by atoms with van der Waals surface area (Å²) in [5.74, 6) is 5.23. The Morgan fingerprint density at radius 2 is 1.64 bits per heavy atom. The molecular weight excluding hydrogens is 480 g/mol. The zero-order valence-corrected chi connectivity index (χ0v) is 25.2. The van der Waals surface area contributed by atoms with Gasteiger partial charge in [0.2, 0.25) is 0 Å². The third-order valence-corrected chi connectivity index (χ3v) is 13.4. The van der Waals surface area contributed by atoms with Crippen LogP contribution in [-0.4, -0.2) is 18.2 Å². The maximum absolute atomic E-state index is 11.7. The van der Waals surface area contributed by atoms with E-state index in [2.05, 4.69) is 47.3 Å². The minimum atomic E-state index is -0.938. The highest BCUT2D eigenvalue weighted by Crippen LogP contribution is 2.72. The zero-order valence-electron chi connectivity index (χ0n) is 25.2. The van der Waals surface area contributed by atoms with E-state index in [1.54, 1.807) is 13.2 Å². The molecule has 3 heteroatoms. The Morgan fingerprint density at radius 1 is 0.949 bits per heavy atom. The third kappa shape index (κ3) is 3.84. The van der Waals surface area contributed by atoms with E-state index in [9.17, 15) is 9.90 Å². The highest BCUT2D eigenvalue weighted by molar-refractivity contribution is 5.91. The average molecular weight is 531 g/mol. The van der Waals surface area contributed by atoms with Gasteiger partial charge in [-0.05, 0) is 146 Å². The molecule has 2 unspecified atom stereocenters. The molecule has 0 aromatic heterocycles. The number of carboxylic acid groups (broad SMARTS) is 1. The summed E-state index contributed by atoms with van der Waals surface area (Å²) in [5, 5.41) is 9.59. The largest absolute Gasteiger partial charge is 0.496 e. The monoisotopic (exact) mass is 530 g/mol. The standard InChI is InChI=1S/C36H50O3/c1-21(2)24-10-8-22-16-18-35(5)27-14-15-31-34(3,4)26(23-9-11-25(33(37)38)30(20-23)39-7)17-19-36(31,6)28(27)12-13-29(35)32(22)24/h9,11,17,20,22,24,27-29,31-32H,1,8,10,12-16,18-19H2,2-7H3,(H,37,38)/t22?,24-,27?,28-,29+,31-,32+,35-,36+/m0/s1. The van der Waals surface area contributed by atoms with Gasteiger partial charge in [-0.25, -0.2) is 4.79 Å². The van der Waals surface area contributed by atoms with Gasteiger partial charge in [0, 0.05) is 0 Å². The summed E-state index contributed by atoms with van der Waals surface area (Å²) in [6, 6.07) is 5.67. The molecule has 0 radical (unpaired) electrons. The summed E-state index contributed by atoms with van der Waals surface area (Å²) < 4.78 is 5.50. The molecule has 4 fully saturated rings. The molecule has 1 N–H and O–H groups in total. The molecule has 5 aliphatic carbocycles. The van der Waals surface area contributed by atoms with Crippen LogP contribution < -0.4 is 4.74 Å². The van der Waals surface area contributed by atoms with E-state index < -0.39 is 5.97 Å². The van der Waals surface area contributed by atoms with E-state index in [4.69, 9.17) is 4.74 Å². The van der Waals surface area contributed by atoms with Crippen molar-refractivity contribution in [3.8, 4) is 5.75 Å². The number of aromatic carboxylic acids is 1. The van der Waals surface area contributed by atoms with Crippen LogP contribution in [0.25, 0.3) is 5.57 Å². The Labute approximate surface area is 236 Å². The number of ether oxygens (including phenoxy) is 1. The Kier molecular flexibility index (Phi) is 6.44. The van der Waals surface area contributed by atoms with Gasteiger partial charge in [0.15, 0.2) is 0 Å². The summed E-state index contributed by atoms with van der Waals surface area (Å²) in [4.78, 5) is 11.7. The fourth-order valence-electron chi connectivity index (χ4n) is 11.8. The van der Waals surface area contributed by atoms with Crippen LogP contribution in [0, 0.1) is 57.7 Å². The first kappa shape index (κ1) is 27.2. The predicted molar refractivity (Wildman–Crippen MR) is 159 cm³/mol. The summed E-state index contributed by atoms with van der Waals surface area (Å²) in [6.45, 7) is 17.0. The molecule has 212 valence electrons. The van der Waals surface area contributed by atoms with Gasteiger partial charge in [-0.2, -0.15) is 0 Å². The van der Waals surface area contributed by atoms with Crippen LogP contribution >= 0.6 is 0 Å². The van der Waals surface area contributed by atoms with Crippen molar-refractivity contribution in [1.82, 2.24) is 0 Å². The van der Waals surface area contributed by atoms with Gasteiger partial charge in [-0.15, -0.1) is 0 Å². The lowest BCUT2D eigenvalue weighted by molar-refractivity contribution is -0.162. The van der Waals surface area contributed by atoms with Crippen LogP contribution in [0.4, 0.5) is 0 Å². The van der Waals surface area contributed by atoms with Gasteiger partial charge in [-0.3, -0.25) is 0 Å². The molecule has 0 spiro atoms. The highest BCUT2D eigenvalue weighted by Gasteiger charge is 2.63. The van der Waals surface area contributed by atoms with Gasteiger partial charge >= 0.3 is 5.97 Å². The van der Waals surface area contributed by atoms with Gasteiger partial charge < -0.3 is 9.84 Å². The van der Waals surface area contributed by atoms with Crippen molar-refractivity contribution in [1.29, 1.82) is 0 Å². The molecule has 4 saturated carbocycles. The van der Waals surface area contributed by atoms with Crippen LogP contribution in [-0.2, 0) is 0 Å². The van der Waals surface area contributed by atoms with E-state index in [1.807, 2.05) is 12.1 Å². The summed E-state index contributed by atoms with van der Waals surface area (Å²) >= 11 is 0. The van der Waals surface area contributed by atoms with E-state index in [0.717, 1.165) is 47.5 Å². The molecule has 5 aliphatic rings. The maximum atomic E-state index is 11.7. The van der Waals surface area contributed by atoms with Gasteiger partial charge in [0.1, 0.15) is 11.3 Å². The van der Waals surface area contributed by atoms with Crippen molar-refractivity contribution in [2.45, 2.75) is 92.4 Å². The number of hydrogen-bond donors (Lipinski definition) is 1. The van der Waals surface area contributed by atoms with Crippen molar-refractivity contribution < 1.29 is 14.6 Å². The third-order valence-electron chi connectivity index (χ3n) is 13.4. The molecule has 39 heavy (non-hydrogen) atoms. The molecule has 1 aromatic rings. The van der Waals surface area contributed by atoms with Crippen LogP contribution in [0.1, 0.15) is 108 Å². The minimum Gasteiger partial charge on any atom is -0.496 e. The minimum absolute atomic E-state index is 0.0274. The lowest BCUT2D eigenvalue weighted by Crippen LogP contribution is -2.59. The normalized spacial score (nSPS) is 42.3. The second-order valence-electron chi connectivity index (χ2n) is 15.2. The molecule has 0 bridgehead atoms. The zero-order chi connectivity index (χ0) is 27.9. The molecule has 9 atom stereocenters. The van der Waals surface area contributed by atoms with Crippen molar-refractivity contribution in [2.24, 2.45) is 57.7 Å². The van der Waals surface area contributed by atoms with E-state index in [1.165, 1.54) is 62.5 Å². The predicted octanol–water partition coefficient (Wildman–Crippen LogP) is 9.28. The number of carbonyl (C=O) groups is 1. The van der Waals surface area contributed by atoms with Crippen molar-refractivity contribution >= 4 is 11.5 Å². The molecule has 1 aromatic carbocycles. The molecular formula is C36H50O3. The van der Waals surface area contributed by atoms with Crippen LogP contribution in [0.5, 0.6) is 5.75 Å². The van der Waals surface area contributed by atoms with Crippen molar-refractivity contribution in [2.75, 3.05) is 7.11 Å². The summed E-state index contributed by atoms with van der Waals surface area (Å²) in [5.41, 5.74) is 4.99. The Balaban J connectivity index is 1.32. The number of hydrogen-bond acceptors (Lipinski definition) is 2. The topological polar surface area (TPSA) is 46.5 Å². The van der Waals surface area contributed by atoms with Gasteiger partial charge in [0.05, 0.1) is 7.11 Å². The van der Waals surface area contributed by atoms with E-state index >= 15 is 0 Å². The maximum Gasteiger partial charge on any atom is 0.339 e. The number of rotatable bonds is 4.